The molecule has 0 spiro atoms. The highest BCUT2D eigenvalue weighted by atomic mass is 16.5. The molecule has 0 aliphatic carbocycles. The van der Waals surface area contributed by atoms with Gasteiger partial charge >= 0.3 is 5.63 Å². The smallest absolute Gasteiger partial charge is 0.340 e. The topological polar surface area (TPSA) is 39.4 Å². The van der Waals surface area contributed by atoms with Gasteiger partial charge in [-0.1, -0.05) is 66.7 Å². The summed E-state index contributed by atoms with van der Waals surface area (Å²) in [4.78, 5) is 12.7. The number of benzene rings is 4. The van der Waals surface area contributed by atoms with Gasteiger partial charge in [0.15, 0.2) is 0 Å². The zero-order valence-electron chi connectivity index (χ0n) is 18.2. The lowest BCUT2D eigenvalue weighted by Gasteiger charge is -2.13. The lowest BCUT2D eigenvalue weighted by molar-refractivity contribution is 0.307. The maximum absolute atomic E-state index is 12.7. The molecule has 4 aromatic carbocycles. The van der Waals surface area contributed by atoms with E-state index < -0.39 is 0 Å². The minimum Gasteiger partial charge on any atom is -0.489 e. The Bertz CT molecular complexity index is 1480. The van der Waals surface area contributed by atoms with Gasteiger partial charge in [-0.25, -0.2) is 4.79 Å². The molecular weight excluding hydrogens is 396 g/mol. The molecule has 5 aromatic rings. The van der Waals surface area contributed by atoms with E-state index in [1.165, 1.54) is 21.9 Å². The van der Waals surface area contributed by atoms with Crippen molar-refractivity contribution in [2.45, 2.75) is 26.9 Å². The van der Waals surface area contributed by atoms with E-state index in [0.717, 1.165) is 16.5 Å². The summed E-state index contributed by atoms with van der Waals surface area (Å²) < 4.78 is 11.8. The summed E-state index contributed by atoms with van der Waals surface area (Å²) in [7, 11) is 0. The van der Waals surface area contributed by atoms with Crippen LogP contribution in [0.3, 0.4) is 0 Å². The molecule has 5 rings (SSSR count). The Morgan fingerprint density at radius 2 is 1.56 bits per heavy atom. The molecule has 0 saturated heterocycles. The van der Waals surface area contributed by atoms with Gasteiger partial charge in [0.05, 0.1) is 0 Å². The number of hydrogen-bond donors (Lipinski definition) is 0. The van der Waals surface area contributed by atoms with E-state index in [-0.39, 0.29) is 5.63 Å². The second kappa shape index (κ2) is 8.35. The third-order valence-corrected chi connectivity index (χ3v) is 6.14. The summed E-state index contributed by atoms with van der Waals surface area (Å²) in [6.07, 6.45) is 0.559. The van der Waals surface area contributed by atoms with Gasteiger partial charge in [0.25, 0.3) is 0 Å². The third kappa shape index (κ3) is 3.78. The van der Waals surface area contributed by atoms with E-state index >= 15 is 0 Å². The Labute approximate surface area is 186 Å². The molecule has 0 unspecified atom stereocenters. The van der Waals surface area contributed by atoms with Gasteiger partial charge in [0, 0.05) is 29.0 Å². The summed E-state index contributed by atoms with van der Waals surface area (Å²) in [5.74, 6) is 0.684. The van der Waals surface area contributed by atoms with Crippen molar-refractivity contribution >= 4 is 21.7 Å². The predicted molar refractivity (Wildman–Crippen MR) is 129 cm³/mol. The minimum atomic E-state index is -0.291. The van der Waals surface area contributed by atoms with Gasteiger partial charge in [-0.2, -0.15) is 0 Å². The molecule has 1 aromatic heterocycles. The van der Waals surface area contributed by atoms with E-state index in [0.29, 0.717) is 29.9 Å². The number of hydrogen-bond acceptors (Lipinski definition) is 3. The molecule has 0 atom stereocenters. The van der Waals surface area contributed by atoms with Crippen LogP contribution < -0.4 is 10.4 Å². The van der Waals surface area contributed by atoms with Gasteiger partial charge in [-0.15, -0.1) is 0 Å². The summed E-state index contributed by atoms with van der Waals surface area (Å²) in [6.45, 7) is 4.54. The van der Waals surface area contributed by atoms with Gasteiger partial charge < -0.3 is 9.15 Å². The Balaban J connectivity index is 1.45. The maximum Gasteiger partial charge on any atom is 0.340 e. The Hall–Kier alpha value is -3.85. The van der Waals surface area contributed by atoms with Crippen LogP contribution in [0.5, 0.6) is 5.75 Å². The Morgan fingerprint density at radius 3 is 2.41 bits per heavy atom. The lowest BCUT2D eigenvalue weighted by atomic mass is 9.99. The molecule has 158 valence electrons. The van der Waals surface area contributed by atoms with Crippen LogP contribution in [0, 0.1) is 13.8 Å². The van der Waals surface area contributed by atoms with Crippen LogP contribution in [0.1, 0.15) is 27.8 Å². The molecule has 0 aliphatic rings. The molecule has 32 heavy (non-hydrogen) atoms. The van der Waals surface area contributed by atoms with E-state index in [4.69, 9.17) is 9.15 Å². The second-order valence-corrected chi connectivity index (χ2v) is 8.18. The summed E-state index contributed by atoms with van der Waals surface area (Å²) in [6, 6.07) is 28.3. The standard InChI is InChI=1S/C29H24O3/c1-19-12-13-22-10-6-7-11-25(22)27(19)18-31-23-14-15-24-20(2)26(29(30)32-28(24)17-23)16-21-8-4-3-5-9-21/h3-15,17H,16,18H2,1-2H3. The zero-order valence-corrected chi connectivity index (χ0v) is 18.2. The average Bonchev–Trinajstić information content (AvgIpc) is 2.81. The summed E-state index contributed by atoms with van der Waals surface area (Å²) >= 11 is 0. The number of ether oxygens (including phenoxy) is 1. The zero-order chi connectivity index (χ0) is 22.1. The van der Waals surface area contributed by atoms with Crippen LogP contribution >= 0.6 is 0 Å². The second-order valence-electron chi connectivity index (χ2n) is 8.18. The fourth-order valence-electron chi connectivity index (χ4n) is 4.26. The molecule has 3 nitrogen and oxygen atoms in total. The number of aryl methyl sites for hydroxylation is 2. The molecule has 0 N–H and O–H groups in total. The Morgan fingerprint density at radius 1 is 0.781 bits per heavy atom. The van der Waals surface area contributed by atoms with E-state index in [1.54, 1.807) is 0 Å². The van der Waals surface area contributed by atoms with Crippen molar-refractivity contribution < 1.29 is 9.15 Å². The third-order valence-electron chi connectivity index (χ3n) is 6.14. The van der Waals surface area contributed by atoms with Crippen molar-refractivity contribution in [1.29, 1.82) is 0 Å². The monoisotopic (exact) mass is 420 g/mol. The average molecular weight is 421 g/mol. The first kappa shape index (κ1) is 20.1. The largest absolute Gasteiger partial charge is 0.489 e. The highest BCUT2D eigenvalue weighted by Crippen LogP contribution is 2.27. The molecule has 0 aliphatic heterocycles. The SMILES string of the molecule is Cc1ccc2ccccc2c1COc1ccc2c(C)c(Cc3ccccc3)c(=O)oc2c1. The quantitative estimate of drug-likeness (QED) is 0.296. The maximum atomic E-state index is 12.7. The van der Waals surface area contributed by atoms with E-state index in [1.807, 2.05) is 67.6 Å². The molecule has 0 saturated carbocycles. The fourth-order valence-corrected chi connectivity index (χ4v) is 4.26. The van der Waals surface area contributed by atoms with Crippen molar-refractivity contribution in [1.82, 2.24) is 0 Å². The minimum absolute atomic E-state index is 0.291. The highest BCUT2D eigenvalue weighted by molar-refractivity contribution is 5.86. The van der Waals surface area contributed by atoms with Crippen molar-refractivity contribution in [3.05, 3.63) is 123 Å². The van der Waals surface area contributed by atoms with Gasteiger partial charge in [0.1, 0.15) is 17.9 Å². The van der Waals surface area contributed by atoms with Crippen molar-refractivity contribution in [3.63, 3.8) is 0 Å². The van der Waals surface area contributed by atoms with Gasteiger partial charge in [-0.3, -0.25) is 0 Å². The molecular formula is C29H24O3. The van der Waals surface area contributed by atoms with E-state index in [2.05, 4.69) is 31.2 Å². The van der Waals surface area contributed by atoms with Crippen molar-refractivity contribution in [3.8, 4) is 5.75 Å². The highest BCUT2D eigenvalue weighted by Gasteiger charge is 2.13. The van der Waals surface area contributed by atoms with Gasteiger partial charge in [-0.05, 0) is 53.4 Å². The summed E-state index contributed by atoms with van der Waals surface area (Å²) in [5, 5.41) is 3.33. The predicted octanol–water partition coefficient (Wildman–Crippen LogP) is 6.73. The van der Waals surface area contributed by atoms with Crippen LogP contribution in [0.4, 0.5) is 0 Å². The molecule has 0 radical (unpaired) electrons. The van der Waals surface area contributed by atoms with Crippen molar-refractivity contribution in [2.75, 3.05) is 0 Å². The van der Waals surface area contributed by atoms with Crippen LogP contribution in [-0.4, -0.2) is 0 Å². The molecule has 1 heterocycles. The van der Waals surface area contributed by atoms with Crippen LogP contribution in [0.2, 0.25) is 0 Å². The normalized spacial score (nSPS) is 11.2. The van der Waals surface area contributed by atoms with Crippen LogP contribution in [0.25, 0.3) is 21.7 Å². The molecule has 0 amide bonds. The van der Waals surface area contributed by atoms with E-state index in [9.17, 15) is 4.79 Å². The first-order valence-corrected chi connectivity index (χ1v) is 10.8. The first-order chi connectivity index (χ1) is 15.6. The molecule has 3 heteroatoms. The number of fused-ring (bicyclic) bond motifs is 2. The van der Waals surface area contributed by atoms with Crippen molar-refractivity contribution in [2.24, 2.45) is 0 Å². The molecule has 0 fully saturated rings. The fraction of sp³-hybridized carbons (Fsp3) is 0.138. The number of rotatable bonds is 5. The summed E-state index contributed by atoms with van der Waals surface area (Å²) in [5.41, 5.74) is 5.36. The Kier molecular flexibility index (Phi) is 5.24. The van der Waals surface area contributed by atoms with Gasteiger partial charge in [0.2, 0.25) is 0 Å². The van der Waals surface area contributed by atoms with Crippen LogP contribution in [0.15, 0.2) is 94.1 Å². The van der Waals surface area contributed by atoms with Crippen LogP contribution in [-0.2, 0) is 13.0 Å². The lowest BCUT2D eigenvalue weighted by Crippen LogP contribution is -2.11. The first-order valence-electron chi connectivity index (χ1n) is 10.8. The molecule has 0 bridgehead atoms.